The maximum atomic E-state index is 14.4. The molecule has 176 valence electrons. The van der Waals surface area contributed by atoms with Crippen molar-refractivity contribution in [3.05, 3.63) is 52.6 Å². The van der Waals surface area contributed by atoms with Gasteiger partial charge in [0, 0.05) is 38.9 Å². The molecule has 0 bridgehead atoms. The number of carbonyl (C=O) groups excluding carboxylic acids is 1. The minimum absolute atomic E-state index is 0.00525. The minimum atomic E-state index is -0.522. The number of hydrogen-bond acceptors (Lipinski definition) is 6. The van der Waals surface area contributed by atoms with Crippen molar-refractivity contribution < 1.29 is 9.18 Å². The smallest absolute Gasteiger partial charge is 0.261 e. The van der Waals surface area contributed by atoms with Crippen LogP contribution in [0.2, 0.25) is 0 Å². The van der Waals surface area contributed by atoms with E-state index in [0.29, 0.717) is 28.8 Å². The molecule has 10 heteroatoms. The number of nitrogen functional groups attached to an aromatic ring is 1. The second kappa shape index (κ2) is 8.54. The first-order chi connectivity index (χ1) is 16.3. The molecule has 4 aromatic rings. The van der Waals surface area contributed by atoms with Crippen LogP contribution in [0.25, 0.3) is 33.3 Å². The first kappa shape index (κ1) is 22.1. The van der Waals surface area contributed by atoms with Crippen LogP contribution in [0.5, 0.6) is 0 Å². The molecule has 0 unspecified atom stereocenters. The van der Waals surface area contributed by atoms with Gasteiger partial charge in [-0.25, -0.2) is 9.37 Å². The highest BCUT2D eigenvalue weighted by Crippen LogP contribution is 2.30. The van der Waals surface area contributed by atoms with Gasteiger partial charge in [0.15, 0.2) is 0 Å². The Morgan fingerprint density at radius 2 is 1.91 bits per heavy atom. The fourth-order valence-electron chi connectivity index (χ4n) is 4.34. The Morgan fingerprint density at radius 1 is 1.15 bits per heavy atom. The number of benzene rings is 2. The summed E-state index contributed by atoms with van der Waals surface area (Å²) in [6.07, 6.45) is 0. The molecule has 4 N–H and O–H groups in total. The van der Waals surface area contributed by atoms with Crippen LogP contribution < -0.4 is 16.2 Å². The number of nitrogens with zero attached hydrogens (tertiary/aromatic N) is 4. The number of nitrogens with one attached hydrogen (secondary N) is 2. The van der Waals surface area contributed by atoms with E-state index in [-0.39, 0.29) is 28.4 Å². The number of fused-ring (bicyclic) bond motifs is 2. The van der Waals surface area contributed by atoms with Crippen LogP contribution in [0.15, 0.2) is 41.2 Å². The van der Waals surface area contributed by atoms with Crippen LogP contribution in [-0.4, -0.2) is 77.5 Å². The van der Waals surface area contributed by atoms with Crippen molar-refractivity contribution in [2.75, 3.05) is 57.5 Å². The second-order valence-corrected chi connectivity index (χ2v) is 8.72. The van der Waals surface area contributed by atoms with E-state index in [1.54, 1.807) is 30.1 Å². The lowest BCUT2D eigenvalue weighted by molar-refractivity contribution is -0.119. The summed E-state index contributed by atoms with van der Waals surface area (Å²) in [7, 11) is 3.82. The van der Waals surface area contributed by atoms with Gasteiger partial charge in [0.25, 0.3) is 5.56 Å². The molecule has 0 aliphatic carbocycles. The van der Waals surface area contributed by atoms with Gasteiger partial charge >= 0.3 is 0 Å². The van der Waals surface area contributed by atoms with Crippen LogP contribution in [0, 0.1) is 5.82 Å². The van der Waals surface area contributed by atoms with Crippen LogP contribution in [0.1, 0.15) is 0 Å². The van der Waals surface area contributed by atoms with E-state index in [0.717, 1.165) is 26.2 Å². The van der Waals surface area contributed by atoms with E-state index in [9.17, 15) is 14.0 Å². The summed E-state index contributed by atoms with van der Waals surface area (Å²) < 4.78 is 14.4. The second-order valence-electron chi connectivity index (χ2n) is 8.72. The highest BCUT2D eigenvalue weighted by Gasteiger charge is 2.21. The third kappa shape index (κ3) is 3.91. The highest BCUT2D eigenvalue weighted by atomic mass is 19.1. The van der Waals surface area contributed by atoms with Crippen LogP contribution in [0.3, 0.4) is 0 Å². The van der Waals surface area contributed by atoms with Crippen LogP contribution >= 0.6 is 0 Å². The Morgan fingerprint density at radius 3 is 2.68 bits per heavy atom. The number of anilines is 2. The van der Waals surface area contributed by atoms with Crippen molar-refractivity contribution in [2.45, 2.75) is 0 Å². The average molecular weight is 464 g/mol. The van der Waals surface area contributed by atoms with Gasteiger partial charge < -0.3 is 25.5 Å². The Kier molecular flexibility index (Phi) is 5.54. The quantitative estimate of drug-likeness (QED) is 0.427. The number of pyridine rings is 1. The van der Waals surface area contributed by atoms with Gasteiger partial charge in [-0.2, -0.15) is 0 Å². The molecular weight excluding hydrogens is 437 g/mol. The molecular formula is C24H26FN7O2. The number of halogens is 1. The van der Waals surface area contributed by atoms with Crippen LogP contribution in [0.4, 0.5) is 15.8 Å². The van der Waals surface area contributed by atoms with Crippen molar-refractivity contribution in [2.24, 2.45) is 0 Å². The normalized spacial score (nSPS) is 15.3. The molecule has 2 aromatic carbocycles. The molecule has 2 aromatic heterocycles. The lowest BCUT2D eigenvalue weighted by Crippen LogP contribution is -2.48. The van der Waals surface area contributed by atoms with E-state index in [1.807, 2.05) is 6.07 Å². The molecule has 1 aliphatic heterocycles. The summed E-state index contributed by atoms with van der Waals surface area (Å²) in [5.74, 6) is -0.289. The van der Waals surface area contributed by atoms with Crippen molar-refractivity contribution in [1.29, 1.82) is 0 Å². The maximum absolute atomic E-state index is 14.4. The monoisotopic (exact) mass is 463 g/mol. The SMILES string of the molecule is CN1CCN(CC(=O)N(C)c2ccc3nc(-c4c(N)c5c(F)cccc5[nH]c4=O)[nH]c3c2)CC1. The Hall–Kier alpha value is -3.76. The lowest BCUT2D eigenvalue weighted by atomic mass is 10.1. The molecule has 0 radical (unpaired) electrons. The summed E-state index contributed by atoms with van der Waals surface area (Å²) in [6.45, 7) is 3.97. The first-order valence-corrected chi connectivity index (χ1v) is 11.1. The lowest BCUT2D eigenvalue weighted by Gasteiger charge is -2.32. The fourth-order valence-corrected chi connectivity index (χ4v) is 4.34. The maximum Gasteiger partial charge on any atom is 0.261 e. The molecule has 1 saturated heterocycles. The average Bonchev–Trinajstić information content (AvgIpc) is 3.22. The number of piperazine rings is 1. The summed E-state index contributed by atoms with van der Waals surface area (Å²) in [6, 6.07) is 9.79. The van der Waals surface area contributed by atoms with Crippen molar-refractivity contribution in [1.82, 2.24) is 24.8 Å². The zero-order valence-corrected chi connectivity index (χ0v) is 19.1. The number of rotatable bonds is 4. The number of imidazole rings is 1. The molecule has 1 aliphatic rings. The summed E-state index contributed by atoms with van der Waals surface area (Å²) in [4.78, 5) is 41.9. The highest BCUT2D eigenvalue weighted by molar-refractivity contribution is 5.99. The predicted octanol–water partition coefficient (Wildman–Crippen LogP) is 2.00. The van der Waals surface area contributed by atoms with E-state index in [4.69, 9.17) is 5.73 Å². The number of H-pyrrole nitrogens is 2. The van der Waals surface area contributed by atoms with Gasteiger partial charge in [0.1, 0.15) is 17.2 Å². The molecule has 9 nitrogen and oxygen atoms in total. The molecule has 0 atom stereocenters. The molecule has 0 spiro atoms. The number of carbonyl (C=O) groups is 1. The van der Waals surface area contributed by atoms with Crippen molar-refractivity contribution in [3.63, 3.8) is 0 Å². The van der Waals surface area contributed by atoms with Crippen molar-refractivity contribution in [3.8, 4) is 11.4 Å². The van der Waals surface area contributed by atoms with Gasteiger partial charge in [-0.3, -0.25) is 14.5 Å². The van der Waals surface area contributed by atoms with Gasteiger partial charge in [-0.15, -0.1) is 0 Å². The molecule has 1 amide bonds. The Labute approximate surface area is 195 Å². The zero-order chi connectivity index (χ0) is 24.0. The summed E-state index contributed by atoms with van der Waals surface area (Å²) in [5, 5.41) is 0.146. The number of likely N-dealkylation sites (N-methyl/N-ethyl adjacent to an activating group) is 2. The van der Waals surface area contributed by atoms with E-state index in [2.05, 4.69) is 31.8 Å². The summed E-state index contributed by atoms with van der Waals surface area (Å²) in [5.41, 5.74) is 8.12. The fraction of sp³-hybridized carbons (Fsp3) is 0.292. The standard InChI is InChI=1S/C24H26FN7O2/c1-30-8-10-32(11-9-30)13-19(33)31(2)14-6-7-16-18(12-14)28-23(27-16)21-22(26)20-15(25)4-3-5-17(20)29-24(21)34/h3-7,12H,8-11,13H2,1-2H3,(H,27,28)(H3,26,29,34). The minimum Gasteiger partial charge on any atom is -0.397 e. The number of nitrogens with two attached hydrogens (primary N) is 1. The van der Waals surface area contributed by atoms with Gasteiger partial charge in [0.2, 0.25) is 5.91 Å². The number of amides is 1. The number of aromatic amines is 2. The molecule has 34 heavy (non-hydrogen) atoms. The van der Waals surface area contributed by atoms with Gasteiger partial charge in [-0.1, -0.05) is 6.07 Å². The van der Waals surface area contributed by atoms with Crippen LogP contribution in [-0.2, 0) is 4.79 Å². The zero-order valence-electron chi connectivity index (χ0n) is 19.1. The topological polar surface area (TPSA) is 114 Å². The van der Waals surface area contributed by atoms with E-state index in [1.165, 1.54) is 12.1 Å². The molecule has 5 rings (SSSR count). The summed E-state index contributed by atoms with van der Waals surface area (Å²) >= 11 is 0. The molecule has 3 heterocycles. The predicted molar refractivity (Wildman–Crippen MR) is 131 cm³/mol. The van der Waals surface area contributed by atoms with E-state index >= 15 is 0 Å². The van der Waals surface area contributed by atoms with Gasteiger partial charge in [-0.05, 0) is 37.4 Å². The molecule has 1 fully saturated rings. The third-order valence-corrected chi connectivity index (χ3v) is 6.45. The Bertz CT molecular complexity index is 1450. The van der Waals surface area contributed by atoms with E-state index < -0.39 is 11.4 Å². The number of hydrogen-bond donors (Lipinski definition) is 3. The van der Waals surface area contributed by atoms with Crippen molar-refractivity contribution >= 4 is 39.2 Å². The molecule has 0 saturated carbocycles. The first-order valence-electron chi connectivity index (χ1n) is 11.1. The Balaban J connectivity index is 1.45. The van der Waals surface area contributed by atoms with Gasteiger partial charge in [0.05, 0.1) is 34.2 Å². The third-order valence-electron chi connectivity index (χ3n) is 6.45. The number of aromatic nitrogens is 3. The largest absolute Gasteiger partial charge is 0.397 e.